The summed E-state index contributed by atoms with van der Waals surface area (Å²) in [7, 11) is -3.79. The Bertz CT molecular complexity index is 865. The van der Waals surface area contributed by atoms with Crippen LogP contribution in [0.15, 0.2) is 58.4 Å². The number of nitrogens with zero attached hydrogens (tertiary/aromatic N) is 2. The average Bonchev–Trinajstić information content (AvgIpc) is 2.59. The number of halogens is 1. The van der Waals surface area contributed by atoms with Crippen LogP contribution in [0.2, 0.25) is 0 Å². The molecule has 0 atom stereocenters. The van der Waals surface area contributed by atoms with Gasteiger partial charge >= 0.3 is 0 Å². The van der Waals surface area contributed by atoms with E-state index in [0.29, 0.717) is 13.3 Å². The molecule has 0 saturated carbocycles. The van der Waals surface area contributed by atoms with Crippen LogP contribution < -0.4 is 10.0 Å². The van der Waals surface area contributed by atoms with E-state index in [0.717, 1.165) is 24.2 Å². The molecule has 1 heterocycles. The molecule has 0 saturated heterocycles. The van der Waals surface area contributed by atoms with Crippen molar-refractivity contribution in [3.8, 4) is 0 Å². The highest BCUT2D eigenvalue weighted by molar-refractivity contribution is 7.90. The van der Waals surface area contributed by atoms with Crippen LogP contribution in [0, 0.1) is 12.7 Å². The van der Waals surface area contributed by atoms with E-state index in [1.807, 2.05) is 11.8 Å². The van der Waals surface area contributed by atoms with Gasteiger partial charge in [0.15, 0.2) is 0 Å². The first-order valence-electron chi connectivity index (χ1n) is 7.77. The van der Waals surface area contributed by atoms with Gasteiger partial charge in [0, 0.05) is 6.54 Å². The summed E-state index contributed by atoms with van der Waals surface area (Å²) < 4.78 is 39.8. The molecule has 6 nitrogen and oxygen atoms in total. The van der Waals surface area contributed by atoms with Gasteiger partial charge in [0.05, 0.1) is 18.2 Å². The topological polar surface area (TPSA) is 73.8 Å². The van der Waals surface area contributed by atoms with E-state index in [1.54, 1.807) is 0 Å². The van der Waals surface area contributed by atoms with E-state index in [4.69, 9.17) is 0 Å². The summed E-state index contributed by atoms with van der Waals surface area (Å²) in [5.41, 5.74) is 2.37. The highest BCUT2D eigenvalue weighted by atomic mass is 32.2. The SMILES string of the molecule is Cc1ccc(CN2CN=C(NS(=O)(=O)c3ccc(F)cc3)NC2)cc1. The molecule has 3 rings (SSSR count). The zero-order valence-electron chi connectivity index (χ0n) is 13.7. The second-order valence-electron chi connectivity index (χ2n) is 5.86. The van der Waals surface area contributed by atoms with Gasteiger partial charge < -0.3 is 5.32 Å². The number of hydrogen-bond donors (Lipinski definition) is 2. The number of benzene rings is 2. The summed E-state index contributed by atoms with van der Waals surface area (Å²) in [5.74, 6) is -0.302. The Morgan fingerprint density at radius 2 is 1.84 bits per heavy atom. The maximum absolute atomic E-state index is 12.9. The summed E-state index contributed by atoms with van der Waals surface area (Å²) >= 11 is 0. The molecule has 0 radical (unpaired) electrons. The first-order chi connectivity index (χ1) is 11.9. The standard InChI is InChI=1S/C17H19FN4O2S/c1-13-2-4-14(5-3-13)10-22-11-19-17(20-12-22)21-25(23,24)16-8-6-15(18)7-9-16/h2-9H,10-12H2,1H3,(H2,19,20,21). The molecule has 0 amide bonds. The van der Waals surface area contributed by atoms with Crippen molar-refractivity contribution in [1.29, 1.82) is 0 Å². The number of aryl methyl sites for hydroxylation is 1. The zero-order valence-corrected chi connectivity index (χ0v) is 14.6. The predicted octanol–water partition coefficient (Wildman–Crippen LogP) is 1.79. The first kappa shape index (κ1) is 17.4. The lowest BCUT2D eigenvalue weighted by atomic mass is 10.1. The van der Waals surface area contributed by atoms with E-state index in [-0.39, 0.29) is 10.9 Å². The molecule has 25 heavy (non-hydrogen) atoms. The Labute approximate surface area is 146 Å². The van der Waals surface area contributed by atoms with Crippen LogP contribution in [0.5, 0.6) is 0 Å². The molecule has 1 aliphatic heterocycles. The maximum atomic E-state index is 12.9. The van der Waals surface area contributed by atoms with Crippen LogP contribution in [0.1, 0.15) is 11.1 Å². The van der Waals surface area contributed by atoms with Gasteiger partial charge in [0.25, 0.3) is 10.0 Å². The average molecular weight is 362 g/mol. The minimum atomic E-state index is -3.79. The van der Waals surface area contributed by atoms with Gasteiger partial charge in [0.1, 0.15) is 5.82 Å². The summed E-state index contributed by atoms with van der Waals surface area (Å²) in [5, 5.41) is 2.95. The molecule has 0 fully saturated rings. The van der Waals surface area contributed by atoms with E-state index in [1.165, 1.54) is 17.7 Å². The van der Waals surface area contributed by atoms with Crippen LogP contribution in [0.3, 0.4) is 0 Å². The van der Waals surface area contributed by atoms with Gasteiger partial charge in [0.2, 0.25) is 5.96 Å². The number of guanidine groups is 1. The highest BCUT2D eigenvalue weighted by Gasteiger charge is 2.19. The fourth-order valence-corrected chi connectivity index (χ4v) is 3.39. The monoisotopic (exact) mass is 362 g/mol. The highest BCUT2D eigenvalue weighted by Crippen LogP contribution is 2.11. The van der Waals surface area contributed by atoms with E-state index in [2.05, 4.69) is 39.3 Å². The summed E-state index contributed by atoms with van der Waals surface area (Å²) in [4.78, 5) is 6.25. The minimum Gasteiger partial charge on any atom is -0.343 e. The van der Waals surface area contributed by atoms with Crippen molar-refractivity contribution in [3.05, 3.63) is 65.5 Å². The Kier molecular flexibility index (Phi) is 5.00. The predicted molar refractivity (Wildman–Crippen MR) is 93.7 cm³/mol. The number of aliphatic imine (C=N–C) groups is 1. The van der Waals surface area contributed by atoms with Gasteiger partial charge in [-0.2, -0.15) is 0 Å². The largest absolute Gasteiger partial charge is 0.343 e. The van der Waals surface area contributed by atoms with Gasteiger partial charge in [-0.05, 0) is 36.8 Å². The second-order valence-corrected chi connectivity index (χ2v) is 7.54. The quantitative estimate of drug-likeness (QED) is 0.870. The number of sulfonamides is 1. The van der Waals surface area contributed by atoms with Crippen LogP contribution in [0.4, 0.5) is 4.39 Å². The number of hydrogen-bond acceptors (Lipinski definition) is 5. The van der Waals surface area contributed by atoms with E-state index >= 15 is 0 Å². The third-order valence-corrected chi connectivity index (χ3v) is 5.14. The fraction of sp³-hybridized carbons (Fsp3) is 0.235. The first-order valence-corrected chi connectivity index (χ1v) is 9.25. The summed E-state index contributed by atoms with van der Waals surface area (Å²) in [6.07, 6.45) is 0. The van der Waals surface area contributed by atoms with Crippen LogP contribution in [-0.4, -0.2) is 32.6 Å². The van der Waals surface area contributed by atoms with Gasteiger partial charge in [-0.3, -0.25) is 4.90 Å². The Hall–Kier alpha value is -2.45. The zero-order chi connectivity index (χ0) is 17.9. The summed E-state index contributed by atoms with van der Waals surface area (Å²) in [6, 6.07) is 12.9. The Morgan fingerprint density at radius 1 is 1.16 bits per heavy atom. The molecule has 0 aromatic heterocycles. The van der Waals surface area contributed by atoms with E-state index in [9.17, 15) is 12.8 Å². The van der Waals surface area contributed by atoms with Crippen molar-refractivity contribution >= 4 is 16.0 Å². The Morgan fingerprint density at radius 3 is 2.44 bits per heavy atom. The molecule has 1 aliphatic rings. The van der Waals surface area contributed by atoms with Crippen molar-refractivity contribution in [2.75, 3.05) is 13.3 Å². The Balaban J connectivity index is 1.61. The van der Waals surface area contributed by atoms with Gasteiger partial charge in [-0.25, -0.2) is 22.5 Å². The molecule has 2 aromatic carbocycles. The van der Waals surface area contributed by atoms with Crippen molar-refractivity contribution < 1.29 is 12.8 Å². The molecule has 132 valence electrons. The van der Waals surface area contributed by atoms with Crippen LogP contribution >= 0.6 is 0 Å². The van der Waals surface area contributed by atoms with Crippen molar-refractivity contribution in [2.45, 2.75) is 18.4 Å². The minimum absolute atomic E-state index is 0.0134. The van der Waals surface area contributed by atoms with Crippen molar-refractivity contribution in [3.63, 3.8) is 0 Å². The smallest absolute Gasteiger partial charge is 0.264 e. The number of nitrogens with one attached hydrogen (secondary N) is 2. The molecule has 8 heteroatoms. The van der Waals surface area contributed by atoms with Gasteiger partial charge in [-0.1, -0.05) is 29.8 Å². The van der Waals surface area contributed by atoms with Crippen LogP contribution in [0.25, 0.3) is 0 Å². The van der Waals surface area contributed by atoms with Gasteiger partial charge in [-0.15, -0.1) is 0 Å². The third kappa shape index (κ3) is 4.55. The summed E-state index contributed by atoms with van der Waals surface area (Å²) in [6.45, 7) is 3.60. The second kappa shape index (κ2) is 7.20. The van der Waals surface area contributed by atoms with Crippen molar-refractivity contribution in [1.82, 2.24) is 14.9 Å². The molecule has 2 N–H and O–H groups in total. The molecule has 0 spiro atoms. The fourth-order valence-electron chi connectivity index (χ4n) is 2.39. The number of rotatable bonds is 4. The molecule has 0 aliphatic carbocycles. The molecule has 2 aromatic rings. The molecule has 0 unspecified atom stereocenters. The molecule has 0 bridgehead atoms. The van der Waals surface area contributed by atoms with Crippen molar-refractivity contribution in [2.24, 2.45) is 4.99 Å². The van der Waals surface area contributed by atoms with E-state index < -0.39 is 15.8 Å². The third-order valence-electron chi connectivity index (χ3n) is 3.78. The lowest BCUT2D eigenvalue weighted by molar-refractivity contribution is 0.255. The lowest BCUT2D eigenvalue weighted by Gasteiger charge is -2.27. The molecular formula is C17H19FN4O2S. The molecular weight excluding hydrogens is 343 g/mol. The normalized spacial score (nSPS) is 15.4. The lowest BCUT2D eigenvalue weighted by Crippen LogP contribution is -2.49. The maximum Gasteiger partial charge on any atom is 0.264 e. The van der Waals surface area contributed by atoms with Crippen LogP contribution in [-0.2, 0) is 16.6 Å².